The van der Waals surface area contributed by atoms with Crippen molar-refractivity contribution in [2.45, 2.75) is 354 Å². The van der Waals surface area contributed by atoms with E-state index in [9.17, 15) is 14.4 Å². The Balaban J connectivity index is 4.09. The number of carbonyl (C=O) groups is 3. The van der Waals surface area contributed by atoms with Gasteiger partial charge in [-0.2, -0.15) is 0 Å². The van der Waals surface area contributed by atoms with Gasteiger partial charge in [-0.15, -0.1) is 0 Å². The number of ether oxygens (including phenoxy) is 3. The molecule has 74 heavy (non-hydrogen) atoms. The summed E-state index contributed by atoms with van der Waals surface area (Å²) in [6.45, 7) is 6.64. The van der Waals surface area contributed by atoms with E-state index in [2.05, 4.69) is 69.4 Å². The van der Waals surface area contributed by atoms with Crippen LogP contribution in [-0.4, -0.2) is 37.2 Å². The van der Waals surface area contributed by atoms with E-state index in [-0.39, 0.29) is 31.1 Å². The predicted molar refractivity (Wildman–Crippen MR) is 321 cm³/mol. The summed E-state index contributed by atoms with van der Waals surface area (Å²) in [4.78, 5) is 38.1. The van der Waals surface area contributed by atoms with Crippen LogP contribution in [0.25, 0.3) is 0 Å². The second-order valence-corrected chi connectivity index (χ2v) is 22.0. The highest BCUT2D eigenvalue weighted by Gasteiger charge is 2.19. The molecule has 0 rings (SSSR count). The molecule has 1 atom stereocenters. The molecule has 0 saturated heterocycles. The van der Waals surface area contributed by atoms with Crippen molar-refractivity contribution in [2.24, 2.45) is 0 Å². The first kappa shape index (κ1) is 71.4. The molecule has 0 fully saturated rings. The largest absolute Gasteiger partial charge is 0.462 e. The lowest BCUT2D eigenvalue weighted by Crippen LogP contribution is -2.30. The van der Waals surface area contributed by atoms with Crippen LogP contribution in [0.15, 0.2) is 48.6 Å². The molecule has 0 bridgehead atoms. The van der Waals surface area contributed by atoms with Crippen LogP contribution >= 0.6 is 0 Å². The van der Waals surface area contributed by atoms with E-state index in [0.717, 1.165) is 77.0 Å². The summed E-state index contributed by atoms with van der Waals surface area (Å²) in [5, 5.41) is 0. The summed E-state index contributed by atoms with van der Waals surface area (Å²) >= 11 is 0. The summed E-state index contributed by atoms with van der Waals surface area (Å²) in [5.74, 6) is -0.865. The summed E-state index contributed by atoms with van der Waals surface area (Å²) in [6, 6.07) is 0. The Morgan fingerprint density at radius 3 is 0.770 bits per heavy atom. The van der Waals surface area contributed by atoms with Crippen molar-refractivity contribution < 1.29 is 28.6 Å². The van der Waals surface area contributed by atoms with E-state index >= 15 is 0 Å². The highest BCUT2D eigenvalue weighted by molar-refractivity contribution is 5.71. The third-order valence-electron chi connectivity index (χ3n) is 14.6. The third-order valence-corrected chi connectivity index (χ3v) is 14.6. The molecule has 0 spiro atoms. The minimum atomic E-state index is -0.773. The zero-order valence-electron chi connectivity index (χ0n) is 49.6. The Labute approximate surface area is 460 Å². The highest BCUT2D eigenvalue weighted by Crippen LogP contribution is 2.17. The fraction of sp³-hybridized carbons (Fsp3) is 0.838. The van der Waals surface area contributed by atoms with Gasteiger partial charge in [0.15, 0.2) is 6.10 Å². The average molecular weight is 1040 g/mol. The number of carbonyl (C=O) groups excluding carboxylic acids is 3. The van der Waals surface area contributed by atoms with E-state index in [0.29, 0.717) is 19.3 Å². The third kappa shape index (κ3) is 60.2. The number of allylic oxidation sites excluding steroid dienone is 8. The molecule has 0 aliphatic heterocycles. The van der Waals surface area contributed by atoms with Gasteiger partial charge >= 0.3 is 17.9 Å². The Bertz CT molecular complexity index is 1280. The number of hydrogen-bond donors (Lipinski definition) is 0. The average Bonchev–Trinajstić information content (AvgIpc) is 3.40. The van der Waals surface area contributed by atoms with Gasteiger partial charge in [0, 0.05) is 19.3 Å². The quantitative estimate of drug-likeness (QED) is 0.0261. The molecule has 6 heteroatoms. The molecule has 0 radical (unpaired) electrons. The van der Waals surface area contributed by atoms with Crippen LogP contribution in [0.2, 0.25) is 0 Å². The van der Waals surface area contributed by atoms with Crippen molar-refractivity contribution in [3.63, 3.8) is 0 Å². The van der Waals surface area contributed by atoms with Gasteiger partial charge in [0.25, 0.3) is 0 Å². The number of esters is 3. The fourth-order valence-electron chi connectivity index (χ4n) is 9.62. The lowest BCUT2D eigenvalue weighted by molar-refractivity contribution is -0.167. The summed E-state index contributed by atoms with van der Waals surface area (Å²) < 4.78 is 16.9. The zero-order chi connectivity index (χ0) is 53.6. The topological polar surface area (TPSA) is 78.9 Å². The Morgan fingerprint density at radius 2 is 0.486 bits per heavy atom. The first-order chi connectivity index (χ1) is 36.5. The van der Waals surface area contributed by atoms with Crippen molar-refractivity contribution in [3.8, 4) is 0 Å². The summed E-state index contributed by atoms with van der Waals surface area (Å²) in [5.41, 5.74) is 0. The van der Waals surface area contributed by atoms with Crippen LogP contribution in [0, 0.1) is 0 Å². The molecule has 0 N–H and O–H groups in total. The minimum Gasteiger partial charge on any atom is -0.462 e. The minimum absolute atomic E-state index is 0.0721. The van der Waals surface area contributed by atoms with Gasteiger partial charge in [-0.3, -0.25) is 14.4 Å². The van der Waals surface area contributed by atoms with Crippen LogP contribution in [0.1, 0.15) is 348 Å². The molecule has 0 aromatic heterocycles. The Hall–Kier alpha value is -2.63. The zero-order valence-corrected chi connectivity index (χ0v) is 49.6. The van der Waals surface area contributed by atoms with E-state index in [1.54, 1.807) is 0 Å². The molecule has 0 heterocycles. The summed E-state index contributed by atoms with van der Waals surface area (Å²) in [6.07, 6.45) is 78.6. The van der Waals surface area contributed by atoms with Crippen molar-refractivity contribution in [3.05, 3.63) is 48.6 Å². The van der Waals surface area contributed by atoms with E-state index in [1.807, 2.05) is 0 Å². The molecule has 1 unspecified atom stereocenters. The van der Waals surface area contributed by atoms with Gasteiger partial charge in [-0.05, 0) is 83.5 Å². The fourth-order valence-corrected chi connectivity index (χ4v) is 9.62. The number of hydrogen-bond acceptors (Lipinski definition) is 6. The van der Waals surface area contributed by atoms with E-state index in [1.165, 1.54) is 231 Å². The van der Waals surface area contributed by atoms with Gasteiger partial charge in [-0.1, -0.05) is 294 Å². The molecule has 0 aromatic rings. The van der Waals surface area contributed by atoms with E-state index in [4.69, 9.17) is 14.2 Å². The molecule has 0 aliphatic carbocycles. The second kappa shape index (κ2) is 62.9. The first-order valence-electron chi connectivity index (χ1n) is 32.6. The number of rotatable bonds is 60. The van der Waals surface area contributed by atoms with Crippen LogP contribution in [0.3, 0.4) is 0 Å². The SMILES string of the molecule is CCCCCCC/C=C\C/C=C\C/C=C\CCCCCCCCCCCCCCCCCCC(=O)OCC(COC(=O)CCCCCCCCCCC)OC(=O)CCCCCCC/C=C\CCCCCCCCC. The van der Waals surface area contributed by atoms with Gasteiger partial charge in [0.2, 0.25) is 0 Å². The Kier molecular flexibility index (Phi) is 60.7. The van der Waals surface area contributed by atoms with Crippen molar-refractivity contribution in [1.29, 1.82) is 0 Å². The lowest BCUT2D eigenvalue weighted by atomic mass is 10.0. The summed E-state index contributed by atoms with van der Waals surface area (Å²) in [7, 11) is 0. The van der Waals surface area contributed by atoms with E-state index < -0.39 is 6.10 Å². The van der Waals surface area contributed by atoms with Gasteiger partial charge < -0.3 is 14.2 Å². The van der Waals surface area contributed by atoms with Gasteiger partial charge in [0.05, 0.1) is 0 Å². The maximum Gasteiger partial charge on any atom is 0.306 e. The van der Waals surface area contributed by atoms with Crippen LogP contribution in [-0.2, 0) is 28.6 Å². The molecule has 6 nitrogen and oxygen atoms in total. The van der Waals surface area contributed by atoms with Gasteiger partial charge in [-0.25, -0.2) is 0 Å². The molecule has 0 aliphatic rings. The predicted octanol–water partition coefficient (Wildman–Crippen LogP) is 22.2. The normalized spacial score (nSPS) is 12.3. The maximum atomic E-state index is 12.8. The number of unbranched alkanes of at least 4 members (excludes halogenated alkanes) is 41. The highest BCUT2D eigenvalue weighted by atomic mass is 16.6. The monoisotopic (exact) mass is 1040 g/mol. The second-order valence-electron chi connectivity index (χ2n) is 22.0. The lowest BCUT2D eigenvalue weighted by Gasteiger charge is -2.18. The smallest absolute Gasteiger partial charge is 0.306 e. The van der Waals surface area contributed by atoms with Crippen molar-refractivity contribution in [2.75, 3.05) is 13.2 Å². The molecule has 0 aromatic carbocycles. The standard InChI is InChI=1S/C68H124O6/c1-4-7-10-13-16-19-21-23-25-27-28-29-30-31-32-33-34-35-36-37-38-39-40-41-43-44-46-49-52-55-58-61-67(70)73-64-65(63-72-66(69)60-57-54-51-48-18-15-12-9-6-3)74-68(71)62-59-56-53-50-47-45-42-26-24-22-20-17-14-11-8-5-2/h21,23,26-28,30-31,42,65H,4-20,22,24-25,29,32-41,43-64H2,1-3H3/b23-21-,28-27-,31-30-,42-26-. The molecule has 0 saturated carbocycles. The van der Waals surface area contributed by atoms with Crippen LogP contribution in [0.4, 0.5) is 0 Å². The molecule has 432 valence electrons. The Morgan fingerprint density at radius 1 is 0.270 bits per heavy atom. The van der Waals surface area contributed by atoms with Crippen LogP contribution in [0.5, 0.6) is 0 Å². The van der Waals surface area contributed by atoms with Gasteiger partial charge in [0.1, 0.15) is 13.2 Å². The first-order valence-corrected chi connectivity index (χ1v) is 32.6. The molecular weight excluding hydrogens is 913 g/mol. The maximum absolute atomic E-state index is 12.8. The van der Waals surface area contributed by atoms with Crippen LogP contribution < -0.4 is 0 Å². The van der Waals surface area contributed by atoms with Crippen molar-refractivity contribution >= 4 is 17.9 Å². The molecular formula is C68H124O6. The van der Waals surface area contributed by atoms with Crippen molar-refractivity contribution in [1.82, 2.24) is 0 Å². The molecule has 0 amide bonds.